The number of hydrogen-bond donors (Lipinski definition) is 3. The lowest BCUT2D eigenvalue weighted by molar-refractivity contribution is 0.450. The minimum absolute atomic E-state index is 0.605. The van der Waals surface area contributed by atoms with E-state index in [9.17, 15) is 18.9 Å². The lowest BCUT2D eigenvalue weighted by Gasteiger charge is -2.11. The second-order valence-corrected chi connectivity index (χ2v) is 7.64. The van der Waals surface area contributed by atoms with E-state index in [1.54, 1.807) is 24.3 Å². The Morgan fingerprint density at radius 1 is 0.739 bits per heavy atom. The van der Waals surface area contributed by atoms with Crippen LogP contribution in [-0.4, -0.2) is 9.79 Å². The van der Waals surface area contributed by atoms with Gasteiger partial charge in [0.15, 0.2) is 0 Å². The van der Waals surface area contributed by atoms with Gasteiger partial charge in [-0.1, -0.05) is 59.7 Å². The average Bonchev–Trinajstić information content (AvgIpc) is 2.50. The van der Waals surface area contributed by atoms with Crippen LogP contribution in [0.25, 0.3) is 0 Å². The number of nitrogens with one attached hydrogen (secondary N) is 1. The Hall–Kier alpha value is -1.48. The number of benzene rings is 2. The van der Waals surface area contributed by atoms with E-state index in [1.165, 1.54) is 0 Å². The van der Waals surface area contributed by atoms with E-state index < -0.39 is 27.6 Å². The number of rotatable bonds is 6. The van der Waals surface area contributed by atoms with Crippen molar-refractivity contribution in [1.29, 1.82) is 0 Å². The first-order valence-electron chi connectivity index (χ1n) is 7.08. The third-order valence-corrected chi connectivity index (χ3v) is 5.32. The largest absolute Gasteiger partial charge is 0.529 e. The van der Waals surface area contributed by atoms with Crippen molar-refractivity contribution in [2.45, 2.75) is 25.4 Å². The molecular weight excluding hydrogens is 332 g/mol. The summed E-state index contributed by atoms with van der Waals surface area (Å²) in [4.78, 5) is 19.3. The quantitative estimate of drug-likeness (QED) is 0.683. The molecule has 4 atom stereocenters. The minimum Gasteiger partial charge on any atom is -0.216 e. The molecule has 0 heterocycles. The first kappa shape index (κ1) is 17.9. The Morgan fingerprint density at radius 3 is 1.30 bits per heavy atom. The summed E-state index contributed by atoms with van der Waals surface area (Å²) in [5.41, 5.74) is 3.27. The van der Waals surface area contributed by atoms with E-state index >= 15 is 0 Å². The molecule has 0 saturated heterocycles. The van der Waals surface area contributed by atoms with Crippen LogP contribution in [-0.2, 0) is 9.13 Å². The van der Waals surface area contributed by atoms with Gasteiger partial charge in [-0.15, -0.1) is 0 Å². The van der Waals surface area contributed by atoms with Crippen LogP contribution in [0.15, 0.2) is 48.5 Å². The highest BCUT2D eigenvalue weighted by atomic mass is 31.1. The first-order valence-corrected chi connectivity index (χ1v) is 9.64. The highest BCUT2D eigenvalue weighted by molar-refractivity contribution is 7.39. The summed E-state index contributed by atoms with van der Waals surface area (Å²) < 4.78 is 23.5. The summed E-state index contributed by atoms with van der Waals surface area (Å²) in [6.45, 7) is 3.84. The normalized spacial score (nSPS) is 15.0. The maximum Gasteiger partial charge on any atom is 0.529 e. The highest BCUT2D eigenvalue weighted by Crippen LogP contribution is 2.43. The molecule has 0 bridgehead atoms. The van der Waals surface area contributed by atoms with E-state index in [2.05, 4.69) is 5.32 Å². The first-order chi connectivity index (χ1) is 10.9. The molecule has 0 spiro atoms. The fourth-order valence-corrected chi connectivity index (χ4v) is 3.75. The highest BCUT2D eigenvalue weighted by Gasteiger charge is 2.41. The zero-order valence-corrected chi connectivity index (χ0v) is 14.7. The molecule has 0 aliphatic heterocycles. The summed E-state index contributed by atoms with van der Waals surface area (Å²) in [6.07, 6.45) is 0. The van der Waals surface area contributed by atoms with Crippen molar-refractivity contribution in [1.82, 2.24) is 5.32 Å². The third kappa shape index (κ3) is 4.74. The molecule has 0 amide bonds. The minimum atomic E-state index is -2.60. The molecule has 23 heavy (non-hydrogen) atoms. The predicted octanol–water partition coefficient (Wildman–Crippen LogP) is 4.06. The Morgan fingerprint density at radius 2 is 1.04 bits per heavy atom. The molecule has 0 aromatic heterocycles. The van der Waals surface area contributed by atoms with Crippen molar-refractivity contribution in [3.05, 3.63) is 70.8 Å². The number of hydrogen-bond acceptors (Lipinski definition) is 3. The van der Waals surface area contributed by atoms with Crippen molar-refractivity contribution in [3.8, 4) is 0 Å². The van der Waals surface area contributed by atoms with Crippen molar-refractivity contribution in [2.24, 2.45) is 0 Å². The molecular formula is C16H19NO4P2+2. The van der Waals surface area contributed by atoms with Crippen molar-refractivity contribution >= 4 is 16.1 Å². The van der Waals surface area contributed by atoms with Crippen molar-refractivity contribution < 1.29 is 18.9 Å². The zero-order valence-electron chi connectivity index (χ0n) is 12.9. The van der Waals surface area contributed by atoms with Gasteiger partial charge in [-0.25, -0.2) is 5.32 Å². The third-order valence-electron chi connectivity index (χ3n) is 3.54. The lowest BCUT2D eigenvalue weighted by Crippen LogP contribution is -2.22. The van der Waals surface area contributed by atoms with Gasteiger partial charge in [0.1, 0.15) is 0 Å². The smallest absolute Gasteiger partial charge is 0.216 e. The fourth-order valence-electron chi connectivity index (χ4n) is 2.22. The Bertz CT molecular complexity index is 640. The van der Waals surface area contributed by atoms with E-state index in [-0.39, 0.29) is 0 Å². The molecule has 120 valence electrons. The summed E-state index contributed by atoms with van der Waals surface area (Å²) in [6, 6.07) is 14.3. The summed E-state index contributed by atoms with van der Waals surface area (Å²) in [7, 11) is -5.21. The van der Waals surface area contributed by atoms with Crippen LogP contribution in [0, 0.1) is 13.8 Å². The summed E-state index contributed by atoms with van der Waals surface area (Å²) in [5, 5.41) is 2.86. The van der Waals surface area contributed by atoms with Crippen LogP contribution in [0.5, 0.6) is 0 Å². The second-order valence-electron chi connectivity index (χ2n) is 5.40. The standard InChI is InChI=1S/C16H17NO4P2/c1-11-3-7-13(8-4-11)15(22(18)19)17-16(23(20)21)14-9-5-12(2)6-10-14/h3-10,15-17H,1-2H3/p+2/t15-,16-/m1/s1. The molecule has 2 aromatic rings. The fraction of sp³-hybridized carbons (Fsp3) is 0.250. The molecule has 5 nitrogen and oxygen atoms in total. The maximum absolute atomic E-state index is 11.7. The van der Waals surface area contributed by atoms with Gasteiger partial charge in [0.2, 0.25) is 0 Å². The van der Waals surface area contributed by atoms with E-state index in [0.29, 0.717) is 11.1 Å². The van der Waals surface area contributed by atoms with E-state index in [1.807, 2.05) is 38.1 Å². The van der Waals surface area contributed by atoms with Gasteiger partial charge in [0, 0.05) is 11.1 Å². The molecule has 2 aromatic carbocycles. The zero-order chi connectivity index (χ0) is 17.0. The van der Waals surface area contributed by atoms with Gasteiger partial charge in [0.25, 0.3) is 11.6 Å². The van der Waals surface area contributed by atoms with Crippen molar-refractivity contribution in [3.63, 3.8) is 0 Å². The summed E-state index contributed by atoms with van der Waals surface area (Å²) >= 11 is 0. The van der Waals surface area contributed by atoms with Gasteiger partial charge in [-0.05, 0) is 23.0 Å². The van der Waals surface area contributed by atoms with Crippen LogP contribution < -0.4 is 5.32 Å². The molecule has 0 radical (unpaired) electrons. The average molecular weight is 351 g/mol. The van der Waals surface area contributed by atoms with Crippen LogP contribution in [0.3, 0.4) is 0 Å². The van der Waals surface area contributed by atoms with Crippen LogP contribution in [0.1, 0.15) is 33.8 Å². The molecule has 0 aliphatic rings. The van der Waals surface area contributed by atoms with Gasteiger partial charge in [-0.2, -0.15) is 9.79 Å². The van der Waals surface area contributed by atoms with E-state index in [4.69, 9.17) is 0 Å². The molecule has 3 N–H and O–H groups in total. The van der Waals surface area contributed by atoms with Crippen LogP contribution in [0.2, 0.25) is 0 Å². The molecule has 7 heteroatoms. The maximum atomic E-state index is 11.7. The van der Waals surface area contributed by atoms with Gasteiger partial charge < -0.3 is 0 Å². The van der Waals surface area contributed by atoms with Gasteiger partial charge in [0.05, 0.1) is 0 Å². The molecule has 0 aliphatic carbocycles. The topological polar surface area (TPSA) is 86.6 Å². The van der Waals surface area contributed by atoms with Gasteiger partial charge >= 0.3 is 16.1 Å². The monoisotopic (exact) mass is 351 g/mol. The van der Waals surface area contributed by atoms with E-state index in [0.717, 1.165) is 11.1 Å². The lowest BCUT2D eigenvalue weighted by atomic mass is 10.1. The predicted molar refractivity (Wildman–Crippen MR) is 90.6 cm³/mol. The Kier molecular flexibility index (Phi) is 6.11. The number of aryl methyl sites for hydroxylation is 2. The Balaban J connectivity index is 2.31. The van der Waals surface area contributed by atoms with Crippen LogP contribution in [0.4, 0.5) is 0 Å². The molecule has 0 saturated carbocycles. The van der Waals surface area contributed by atoms with Gasteiger partial charge in [-0.3, -0.25) is 0 Å². The second kappa shape index (κ2) is 7.87. The summed E-state index contributed by atoms with van der Waals surface area (Å²) in [5.74, 6) is -1.83. The molecule has 2 unspecified atom stereocenters. The molecule has 0 fully saturated rings. The van der Waals surface area contributed by atoms with Crippen molar-refractivity contribution in [2.75, 3.05) is 0 Å². The molecule has 2 rings (SSSR count). The Labute approximate surface area is 137 Å². The van der Waals surface area contributed by atoms with Crippen LogP contribution >= 0.6 is 16.1 Å². The SMILES string of the molecule is Cc1ccc([C@H](N[C@@H](c2ccc(C)cc2)[P+](=O)O)[P+](=O)O)cc1.